The largest absolute Gasteiger partial charge is 0.490 e. The maximum Gasteiger partial charge on any atom is 0.344 e. The number of aldehydes is 1. The van der Waals surface area contributed by atoms with E-state index in [4.69, 9.17) is 14.6 Å². The van der Waals surface area contributed by atoms with Gasteiger partial charge in [-0.05, 0) is 26.0 Å². The van der Waals surface area contributed by atoms with Crippen molar-refractivity contribution in [2.75, 3.05) is 6.61 Å². The van der Waals surface area contributed by atoms with Crippen LogP contribution >= 0.6 is 15.9 Å². The zero-order valence-electron chi connectivity index (χ0n) is 9.97. The maximum absolute atomic E-state index is 11.0. The van der Waals surface area contributed by atoms with E-state index >= 15 is 0 Å². The van der Waals surface area contributed by atoms with Gasteiger partial charge in [-0.15, -0.1) is 0 Å². The van der Waals surface area contributed by atoms with Gasteiger partial charge in [-0.1, -0.05) is 15.9 Å². The van der Waals surface area contributed by atoms with E-state index in [9.17, 15) is 9.59 Å². The highest BCUT2D eigenvalue weighted by molar-refractivity contribution is 9.10. The molecule has 0 saturated heterocycles. The zero-order valence-corrected chi connectivity index (χ0v) is 11.6. The lowest BCUT2D eigenvalue weighted by molar-refractivity contribution is -0.144. The molecule has 0 spiro atoms. The molecule has 0 aliphatic rings. The van der Waals surface area contributed by atoms with E-state index in [1.54, 1.807) is 19.1 Å². The molecule has 18 heavy (non-hydrogen) atoms. The summed E-state index contributed by atoms with van der Waals surface area (Å²) in [6, 6.07) is 3.17. The van der Waals surface area contributed by atoms with Crippen LogP contribution in [-0.4, -0.2) is 30.1 Å². The first-order valence-corrected chi connectivity index (χ1v) is 6.09. The van der Waals surface area contributed by atoms with Crippen LogP contribution in [0.15, 0.2) is 16.6 Å². The lowest BCUT2D eigenvalue weighted by Crippen LogP contribution is -2.23. The number of carbonyl (C=O) groups is 2. The fraction of sp³-hybridized carbons (Fsp3) is 0.333. The van der Waals surface area contributed by atoms with Crippen LogP contribution in [0.2, 0.25) is 0 Å². The molecule has 0 amide bonds. The van der Waals surface area contributed by atoms with Crippen molar-refractivity contribution in [1.29, 1.82) is 0 Å². The van der Waals surface area contributed by atoms with E-state index in [1.807, 2.05) is 0 Å². The molecule has 1 aromatic carbocycles. The summed E-state index contributed by atoms with van der Waals surface area (Å²) in [5.41, 5.74) is 0.237. The summed E-state index contributed by atoms with van der Waals surface area (Å²) < 4.78 is 11.2. The van der Waals surface area contributed by atoms with Crippen molar-refractivity contribution >= 4 is 28.2 Å². The smallest absolute Gasteiger partial charge is 0.344 e. The Kier molecular flexibility index (Phi) is 5.15. The molecule has 0 heterocycles. The quantitative estimate of drug-likeness (QED) is 0.816. The van der Waals surface area contributed by atoms with Crippen LogP contribution in [0.3, 0.4) is 0 Å². The predicted octanol–water partition coefficient (Wildman–Crippen LogP) is 2.51. The zero-order chi connectivity index (χ0) is 13.7. The Balaban J connectivity index is 3.19. The van der Waals surface area contributed by atoms with Gasteiger partial charge in [0.1, 0.15) is 0 Å². The third-order valence-corrected chi connectivity index (χ3v) is 2.58. The summed E-state index contributed by atoms with van der Waals surface area (Å²) >= 11 is 3.24. The van der Waals surface area contributed by atoms with Crippen LogP contribution in [0.4, 0.5) is 0 Å². The molecular formula is C12H13BrO5. The molecule has 1 unspecified atom stereocenters. The van der Waals surface area contributed by atoms with E-state index in [0.717, 1.165) is 0 Å². The summed E-state index contributed by atoms with van der Waals surface area (Å²) in [6.07, 6.45) is -0.471. The molecule has 1 aromatic rings. The summed E-state index contributed by atoms with van der Waals surface area (Å²) in [4.78, 5) is 21.8. The van der Waals surface area contributed by atoms with Gasteiger partial charge >= 0.3 is 5.97 Å². The Morgan fingerprint density at radius 2 is 2.22 bits per heavy atom. The van der Waals surface area contributed by atoms with Crippen molar-refractivity contribution in [2.24, 2.45) is 0 Å². The summed E-state index contributed by atoms with van der Waals surface area (Å²) in [5, 5.41) is 8.82. The normalized spacial score (nSPS) is 11.7. The van der Waals surface area contributed by atoms with Crippen molar-refractivity contribution in [3.05, 3.63) is 22.2 Å². The first-order valence-electron chi connectivity index (χ1n) is 5.30. The first-order chi connectivity index (χ1) is 8.49. The second-order valence-corrected chi connectivity index (χ2v) is 4.39. The van der Waals surface area contributed by atoms with Gasteiger partial charge in [-0.25, -0.2) is 4.79 Å². The molecule has 1 N–H and O–H groups in total. The number of benzene rings is 1. The molecule has 1 atom stereocenters. The third-order valence-electron chi connectivity index (χ3n) is 2.12. The topological polar surface area (TPSA) is 72.8 Å². The van der Waals surface area contributed by atoms with Crippen LogP contribution < -0.4 is 9.47 Å². The molecular weight excluding hydrogens is 304 g/mol. The number of carbonyl (C=O) groups excluding carboxylic acids is 1. The van der Waals surface area contributed by atoms with Crippen molar-refractivity contribution in [3.63, 3.8) is 0 Å². The van der Waals surface area contributed by atoms with Gasteiger partial charge in [0.15, 0.2) is 23.9 Å². The highest BCUT2D eigenvalue weighted by Gasteiger charge is 2.19. The highest BCUT2D eigenvalue weighted by atomic mass is 79.9. The Morgan fingerprint density at radius 1 is 1.56 bits per heavy atom. The number of rotatable bonds is 6. The van der Waals surface area contributed by atoms with Gasteiger partial charge in [-0.2, -0.15) is 0 Å². The molecule has 1 rings (SSSR count). The van der Waals surface area contributed by atoms with Gasteiger partial charge < -0.3 is 14.6 Å². The molecule has 5 nitrogen and oxygen atoms in total. The lowest BCUT2D eigenvalue weighted by Gasteiger charge is -2.16. The predicted molar refractivity (Wildman–Crippen MR) is 68.4 cm³/mol. The first kappa shape index (κ1) is 14.5. The average Bonchev–Trinajstić information content (AvgIpc) is 2.31. The second kappa shape index (κ2) is 6.39. The van der Waals surface area contributed by atoms with Gasteiger partial charge in [0.05, 0.1) is 12.2 Å². The monoisotopic (exact) mass is 316 g/mol. The SMILES string of the molecule is CCOc1cc(Br)cc(C=O)c1OC(C)C(=O)O. The van der Waals surface area contributed by atoms with Crippen LogP contribution in [0.1, 0.15) is 24.2 Å². The maximum atomic E-state index is 11.0. The number of halogens is 1. The molecule has 0 bridgehead atoms. The third kappa shape index (κ3) is 3.46. The van der Waals surface area contributed by atoms with Gasteiger partial charge in [0.2, 0.25) is 0 Å². The minimum atomic E-state index is -1.11. The number of hydrogen-bond acceptors (Lipinski definition) is 4. The highest BCUT2D eigenvalue weighted by Crippen LogP contribution is 2.35. The Labute approximate surface area is 113 Å². The minimum Gasteiger partial charge on any atom is -0.490 e. The summed E-state index contributed by atoms with van der Waals surface area (Å²) in [5.74, 6) is -0.635. The molecule has 0 aromatic heterocycles. The number of aliphatic carboxylic acids is 1. The van der Waals surface area contributed by atoms with E-state index in [1.165, 1.54) is 6.92 Å². The number of hydrogen-bond donors (Lipinski definition) is 1. The van der Waals surface area contributed by atoms with E-state index in [0.29, 0.717) is 23.1 Å². The Hall–Kier alpha value is -1.56. The minimum absolute atomic E-state index is 0.143. The van der Waals surface area contributed by atoms with Crippen LogP contribution in [0.25, 0.3) is 0 Å². The molecule has 0 fully saturated rings. The Bertz CT molecular complexity index is 458. The molecule has 98 valence electrons. The van der Waals surface area contributed by atoms with Crippen molar-refractivity contribution in [3.8, 4) is 11.5 Å². The standard InChI is InChI=1S/C12H13BrO5/c1-3-17-10-5-9(13)4-8(6-14)11(10)18-7(2)12(15)16/h4-7H,3H2,1-2H3,(H,15,16). The number of carboxylic acids is 1. The van der Waals surface area contributed by atoms with Crippen molar-refractivity contribution in [2.45, 2.75) is 20.0 Å². The van der Waals surface area contributed by atoms with Crippen LogP contribution in [-0.2, 0) is 4.79 Å². The molecule has 0 radical (unpaired) electrons. The summed E-state index contributed by atoms with van der Waals surface area (Å²) in [6.45, 7) is 3.55. The molecule has 0 saturated carbocycles. The number of ether oxygens (including phenoxy) is 2. The van der Waals surface area contributed by atoms with Gasteiger partial charge in [0.25, 0.3) is 0 Å². The van der Waals surface area contributed by atoms with Gasteiger partial charge in [0, 0.05) is 4.47 Å². The van der Waals surface area contributed by atoms with Crippen LogP contribution in [0, 0.1) is 0 Å². The van der Waals surface area contributed by atoms with Gasteiger partial charge in [-0.3, -0.25) is 4.79 Å². The van der Waals surface area contributed by atoms with Crippen molar-refractivity contribution < 1.29 is 24.2 Å². The van der Waals surface area contributed by atoms with Crippen LogP contribution in [0.5, 0.6) is 11.5 Å². The lowest BCUT2D eigenvalue weighted by atomic mass is 10.2. The molecule has 0 aliphatic carbocycles. The number of carboxylic acid groups (broad SMARTS) is 1. The fourth-order valence-electron chi connectivity index (χ4n) is 1.29. The van der Waals surface area contributed by atoms with E-state index < -0.39 is 12.1 Å². The van der Waals surface area contributed by atoms with Crippen molar-refractivity contribution in [1.82, 2.24) is 0 Å². The molecule has 6 heteroatoms. The Morgan fingerprint density at radius 3 is 2.72 bits per heavy atom. The molecule has 0 aliphatic heterocycles. The fourth-order valence-corrected chi connectivity index (χ4v) is 1.75. The second-order valence-electron chi connectivity index (χ2n) is 3.47. The average molecular weight is 317 g/mol. The van der Waals surface area contributed by atoms with E-state index in [2.05, 4.69) is 15.9 Å². The summed E-state index contributed by atoms with van der Waals surface area (Å²) in [7, 11) is 0. The van der Waals surface area contributed by atoms with E-state index in [-0.39, 0.29) is 11.3 Å².